The fourth-order valence-electron chi connectivity index (χ4n) is 9.90. The zero-order chi connectivity index (χ0) is 51.4. The van der Waals surface area contributed by atoms with Gasteiger partial charge in [-0.15, -0.1) is 0 Å². The monoisotopic (exact) mass is 1000 g/mol. The summed E-state index contributed by atoms with van der Waals surface area (Å²) in [7, 11) is 0. The first kappa shape index (κ1) is 69.2. The molecule has 0 aliphatic carbocycles. The molecule has 0 fully saturated rings. The van der Waals surface area contributed by atoms with E-state index in [1.54, 1.807) is 0 Å². The van der Waals surface area contributed by atoms with Crippen LogP contribution in [0.2, 0.25) is 0 Å². The molecule has 6 heteroatoms. The van der Waals surface area contributed by atoms with E-state index in [4.69, 9.17) is 14.2 Å². The van der Waals surface area contributed by atoms with Gasteiger partial charge in [-0.2, -0.15) is 0 Å². The molecule has 0 N–H and O–H groups in total. The number of hydrogen-bond donors (Lipinski definition) is 0. The molecule has 1 atom stereocenters. The van der Waals surface area contributed by atoms with Crippen LogP contribution in [0, 0.1) is 0 Å². The van der Waals surface area contributed by atoms with Crippen molar-refractivity contribution in [3.8, 4) is 0 Å². The van der Waals surface area contributed by atoms with Crippen LogP contribution in [0.1, 0.15) is 367 Å². The Bertz CT molecular complexity index is 1100. The van der Waals surface area contributed by atoms with E-state index < -0.39 is 6.10 Å². The molecule has 6 nitrogen and oxygen atoms in total. The Labute approximate surface area is 443 Å². The Hall–Kier alpha value is -1.85. The maximum absolute atomic E-state index is 12.8. The number of unbranched alkanes of at least 4 members (excludes halogenated alkanes) is 47. The maximum atomic E-state index is 12.8. The Balaban J connectivity index is 4.09. The number of allylic oxidation sites excluding steroid dienone is 2. The van der Waals surface area contributed by atoms with E-state index in [1.165, 1.54) is 263 Å². The predicted octanol–water partition coefficient (Wildman–Crippen LogP) is 21.7. The highest BCUT2D eigenvalue weighted by Crippen LogP contribution is 2.18. The van der Waals surface area contributed by atoms with E-state index in [-0.39, 0.29) is 31.1 Å². The predicted molar refractivity (Wildman–Crippen MR) is 307 cm³/mol. The minimum Gasteiger partial charge on any atom is -0.462 e. The van der Waals surface area contributed by atoms with Crippen molar-refractivity contribution in [3.05, 3.63) is 12.2 Å². The van der Waals surface area contributed by atoms with Gasteiger partial charge in [0.2, 0.25) is 0 Å². The van der Waals surface area contributed by atoms with Crippen LogP contribution in [0.4, 0.5) is 0 Å². The topological polar surface area (TPSA) is 78.9 Å². The van der Waals surface area contributed by atoms with Gasteiger partial charge in [0.25, 0.3) is 0 Å². The molecule has 0 aliphatic heterocycles. The largest absolute Gasteiger partial charge is 0.462 e. The maximum Gasteiger partial charge on any atom is 0.306 e. The van der Waals surface area contributed by atoms with Crippen LogP contribution < -0.4 is 0 Å². The molecule has 0 heterocycles. The summed E-state index contributed by atoms with van der Waals surface area (Å²) in [5, 5.41) is 0. The summed E-state index contributed by atoms with van der Waals surface area (Å²) in [6, 6.07) is 0. The van der Waals surface area contributed by atoms with Gasteiger partial charge >= 0.3 is 17.9 Å². The molecule has 0 aromatic heterocycles. The molecule has 0 amide bonds. The zero-order valence-corrected chi connectivity index (χ0v) is 48.3. The number of ether oxygens (including phenoxy) is 3. The van der Waals surface area contributed by atoms with Crippen molar-refractivity contribution < 1.29 is 28.6 Å². The lowest BCUT2D eigenvalue weighted by atomic mass is 10.0. The fourth-order valence-corrected chi connectivity index (χ4v) is 9.90. The highest BCUT2D eigenvalue weighted by Gasteiger charge is 2.19. The zero-order valence-electron chi connectivity index (χ0n) is 48.3. The van der Waals surface area contributed by atoms with Gasteiger partial charge in [-0.3, -0.25) is 14.4 Å². The van der Waals surface area contributed by atoms with Crippen molar-refractivity contribution in [2.45, 2.75) is 374 Å². The summed E-state index contributed by atoms with van der Waals surface area (Å²) < 4.78 is 16.9. The third-order valence-corrected chi connectivity index (χ3v) is 14.8. The summed E-state index contributed by atoms with van der Waals surface area (Å²) >= 11 is 0. The second-order valence-corrected chi connectivity index (χ2v) is 22.0. The van der Waals surface area contributed by atoms with Crippen molar-refractivity contribution in [2.75, 3.05) is 13.2 Å². The van der Waals surface area contributed by atoms with Crippen LogP contribution in [-0.4, -0.2) is 37.2 Å². The second-order valence-electron chi connectivity index (χ2n) is 22.0. The first-order valence-electron chi connectivity index (χ1n) is 32.2. The third-order valence-electron chi connectivity index (χ3n) is 14.8. The van der Waals surface area contributed by atoms with Crippen LogP contribution in [-0.2, 0) is 28.6 Å². The van der Waals surface area contributed by atoms with E-state index in [0.717, 1.165) is 64.2 Å². The summed E-state index contributed by atoms with van der Waals surface area (Å²) in [5.74, 6) is -0.850. The van der Waals surface area contributed by atoms with Crippen LogP contribution in [0.25, 0.3) is 0 Å². The fraction of sp³-hybridized carbons (Fsp3) is 0.923. The van der Waals surface area contributed by atoms with Gasteiger partial charge in [0.05, 0.1) is 0 Å². The lowest BCUT2D eigenvalue weighted by molar-refractivity contribution is -0.167. The summed E-state index contributed by atoms with van der Waals surface area (Å²) in [6.07, 6.45) is 71.0. The second kappa shape index (κ2) is 60.7. The summed E-state index contributed by atoms with van der Waals surface area (Å²) in [5.41, 5.74) is 0. The molecule has 71 heavy (non-hydrogen) atoms. The number of esters is 3. The average molecular weight is 1000 g/mol. The Morgan fingerprint density at radius 3 is 0.746 bits per heavy atom. The van der Waals surface area contributed by atoms with E-state index in [0.29, 0.717) is 19.3 Å². The molecular weight excluding hydrogens is 877 g/mol. The normalized spacial score (nSPS) is 12.0. The molecule has 0 saturated carbocycles. The van der Waals surface area contributed by atoms with Gasteiger partial charge in [0, 0.05) is 19.3 Å². The molecule has 1 unspecified atom stereocenters. The van der Waals surface area contributed by atoms with Gasteiger partial charge in [0.15, 0.2) is 6.10 Å². The van der Waals surface area contributed by atoms with E-state index in [9.17, 15) is 14.4 Å². The smallest absolute Gasteiger partial charge is 0.306 e. The van der Waals surface area contributed by atoms with E-state index in [2.05, 4.69) is 32.9 Å². The first-order valence-corrected chi connectivity index (χ1v) is 32.2. The van der Waals surface area contributed by atoms with Crippen LogP contribution >= 0.6 is 0 Å². The van der Waals surface area contributed by atoms with Crippen molar-refractivity contribution in [3.63, 3.8) is 0 Å². The molecule has 0 bridgehead atoms. The quantitative estimate of drug-likeness (QED) is 0.0261. The number of carbonyl (C=O) groups excluding carboxylic acids is 3. The van der Waals surface area contributed by atoms with E-state index >= 15 is 0 Å². The highest BCUT2D eigenvalue weighted by atomic mass is 16.6. The Kier molecular flexibility index (Phi) is 59.1. The molecule has 0 aromatic rings. The van der Waals surface area contributed by atoms with Gasteiger partial charge in [0.1, 0.15) is 13.2 Å². The minimum absolute atomic E-state index is 0.0664. The highest BCUT2D eigenvalue weighted by molar-refractivity contribution is 5.71. The van der Waals surface area contributed by atoms with Gasteiger partial charge < -0.3 is 14.2 Å². The van der Waals surface area contributed by atoms with Crippen LogP contribution in [0.15, 0.2) is 12.2 Å². The Morgan fingerprint density at radius 1 is 0.268 bits per heavy atom. The first-order chi connectivity index (χ1) is 35.0. The van der Waals surface area contributed by atoms with Crippen molar-refractivity contribution in [2.24, 2.45) is 0 Å². The van der Waals surface area contributed by atoms with Crippen molar-refractivity contribution >= 4 is 17.9 Å². The molecule has 0 saturated heterocycles. The SMILES string of the molecule is CCCC/C=C\CCCCCCCC(=O)OCC(COC(=O)CCCCCCCCCCCCCCCCCCCCCCCCCCCCCC)OC(=O)CCCCCCCCCCCCCCCC. The van der Waals surface area contributed by atoms with Crippen molar-refractivity contribution in [1.82, 2.24) is 0 Å². The molecule has 0 aromatic carbocycles. The lowest BCUT2D eigenvalue weighted by Crippen LogP contribution is -2.30. The summed E-state index contributed by atoms with van der Waals surface area (Å²) in [4.78, 5) is 38.2. The Morgan fingerprint density at radius 2 is 0.479 bits per heavy atom. The van der Waals surface area contributed by atoms with Crippen molar-refractivity contribution in [1.29, 1.82) is 0 Å². The molecule has 420 valence electrons. The average Bonchev–Trinajstić information content (AvgIpc) is 3.37. The molecule has 0 radical (unpaired) electrons. The van der Waals surface area contributed by atoms with Crippen LogP contribution in [0.3, 0.4) is 0 Å². The third kappa shape index (κ3) is 58.9. The molecule has 0 aliphatic rings. The van der Waals surface area contributed by atoms with E-state index in [1.807, 2.05) is 0 Å². The van der Waals surface area contributed by atoms with Gasteiger partial charge in [-0.25, -0.2) is 0 Å². The van der Waals surface area contributed by atoms with Gasteiger partial charge in [-0.05, 0) is 38.5 Å². The standard InChI is InChI=1S/C65H124O6/c1-4-7-10-13-16-19-22-24-26-27-28-29-30-31-32-33-34-35-36-37-38-39-41-43-46-49-52-55-58-64(67)70-61-62(60-69-63(66)57-54-51-48-45-42-21-18-15-12-9-6-3)71-65(68)59-56-53-50-47-44-40-25-23-20-17-14-11-8-5-2/h15,18,62H,4-14,16-17,19-61H2,1-3H3/b18-15-. The molecule has 0 spiro atoms. The summed E-state index contributed by atoms with van der Waals surface area (Å²) in [6.45, 7) is 6.66. The molecule has 0 rings (SSSR count). The number of carbonyl (C=O) groups is 3. The molecular formula is C65H124O6. The lowest BCUT2D eigenvalue weighted by Gasteiger charge is -2.18. The number of rotatable bonds is 60. The number of hydrogen-bond acceptors (Lipinski definition) is 6. The minimum atomic E-state index is -0.768. The van der Waals surface area contributed by atoms with Crippen LogP contribution in [0.5, 0.6) is 0 Å². The van der Waals surface area contributed by atoms with Gasteiger partial charge in [-0.1, -0.05) is 322 Å².